The quantitative estimate of drug-likeness (QED) is 0.545. The van der Waals surface area contributed by atoms with Gasteiger partial charge in [0, 0.05) is 10.6 Å². The van der Waals surface area contributed by atoms with Crippen LogP contribution < -0.4 is 9.62 Å². The predicted molar refractivity (Wildman–Crippen MR) is 118 cm³/mol. The van der Waals surface area contributed by atoms with Crippen molar-refractivity contribution >= 4 is 72.9 Å². The van der Waals surface area contributed by atoms with Gasteiger partial charge in [-0.15, -0.1) is 10.2 Å². The molecule has 0 bridgehead atoms. The number of amides is 1. The fraction of sp³-hybridized carbons (Fsp3) is 0.118. The van der Waals surface area contributed by atoms with Crippen LogP contribution >= 0.6 is 46.1 Å². The molecule has 0 atom stereocenters. The summed E-state index contributed by atoms with van der Waals surface area (Å²) >= 11 is 19.1. The van der Waals surface area contributed by atoms with E-state index in [0.717, 1.165) is 27.5 Å². The molecular weight excluding hydrogens is 479 g/mol. The monoisotopic (exact) mass is 490 g/mol. The van der Waals surface area contributed by atoms with Crippen molar-refractivity contribution in [1.82, 2.24) is 10.2 Å². The average molecular weight is 492 g/mol. The first-order valence-corrected chi connectivity index (χ1v) is 11.8. The molecule has 12 heteroatoms. The standard InChI is InChI=1S/C17H13Cl3N4O3S2/c1-29(26,27)24(13-4-2-3-12(19)15(13)20)9-14(25)21-17-23-22-16(28-17)10-5-7-11(18)8-6-10/h2-8H,9H2,1H3,(H,21,23,25). The molecule has 3 rings (SSSR count). The lowest BCUT2D eigenvalue weighted by Crippen LogP contribution is -2.37. The van der Waals surface area contributed by atoms with Gasteiger partial charge in [0.05, 0.1) is 22.0 Å². The summed E-state index contributed by atoms with van der Waals surface area (Å²) in [5.74, 6) is -0.606. The number of anilines is 2. The summed E-state index contributed by atoms with van der Waals surface area (Å²) in [5.41, 5.74) is 0.895. The first-order valence-electron chi connectivity index (χ1n) is 7.96. The van der Waals surface area contributed by atoms with Gasteiger partial charge in [-0.2, -0.15) is 0 Å². The van der Waals surface area contributed by atoms with Gasteiger partial charge in [-0.05, 0) is 24.3 Å². The highest BCUT2D eigenvalue weighted by Crippen LogP contribution is 2.33. The molecule has 0 aliphatic rings. The summed E-state index contributed by atoms with van der Waals surface area (Å²) in [6, 6.07) is 11.5. The van der Waals surface area contributed by atoms with Gasteiger partial charge >= 0.3 is 0 Å². The Hall–Kier alpha value is -1.91. The van der Waals surface area contributed by atoms with Crippen molar-refractivity contribution in [3.8, 4) is 10.6 Å². The van der Waals surface area contributed by atoms with Crippen LogP contribution in [0.4, 0.5) is 10.8 Å². The Morgan fingerprint density at radius 1 is 1.10 bits per heavy atom. The van der Waals surface area contributed by atoms with Crippen molar-refractivity contribution in [2.75, 3.05) is 22.4 Å². The van der Waals surface area contributed by atoms with Crippen LogP contribution in [0, 0.1) is 0 Å². The third kappa shape index (κ3) is 5.37. The van der Waals surface area contributed by atoms with Crippen LogP contribution in [0.3, 0.4) is 0 Å². The molecule has 7 nitrogen and oxygen atoms in total. The highest BCUT2D eigenvalue weighted by Gasteiger charge is 2.24. The Morgan fingerprint density at radius 3 is 2.45 bits per heavy atom. The molecule has 3 aromatic rings. The zero-order valence-corrected chi connectivity index (χ0v) is 18.7. The van der Waals surface area contributed by atoms with E-state index in [9.17, 15) is 13.2 Å². The zero-order valence-electron chi connectivity index (χ0n) is 14.8. The minimum absolute atomic E-state index is 0.0355. The van der Waals surface area contributed by atoms with Gasteiger partial charge < -0.3 is 0 Å². The normalized spacial score (nSPS) is 11.3. The largest absolute Gasteiger partial charge is 0.299 e. The number of halogens is 3. The summed E-state index contributed by atoms with van der Waals surface area (Å²) in [6.45, 7) is -0.505. The molecule has 0 unspecified atom stereocenters. The third-order valence-electron chi connectivity index (χ3n) is 3.65. The van der Waals surface area contributed by atoms with E-state index in [1.54, 1.807) is 30.3 Å². The van der Waals surface area contributed by atoms with Crippen LogP contribution in [0.15, 0.2) is 42.5 Å². The second kappa shape index (κ2) is 8.85. The number of carbonyl (C=O) groups excluding carboxylic acids is 1. The van der Waals surface area contributed by atoms with Crippen molar-refractivity contribution in [2.45, 2.75) is 0 Å². The molecule has 1 aromatic heterocycles. The average Bonchev–Trinajstić information content (AvgIpc) is 3.10. The van der Waals surface area contributed by atoms with Crippen molar-refractivity contribution in [1.29, 1.82) is 0 Å². The lowest BCUT2D eigenvalue weighted by atomic mass is 10.2. The Kier molecular flexibility index (Phi) is 6.65. The molecule has 29 heavy (non-hydrogen) atoms. The fourth-order valence-corrected chi connectivity index (χ4v) is 4.54. The van der Waals surface area contributed by atoms with E-state index in [-0.39, 0.29) is 20.9 Å². The van der Waals surface area contributed by atoms with Gasteiger partial charge in [0.1, 0.15) is 11.6 Å². The van der Waals surface area contributed by atoms with Gasteiger partial charge in [-0.3, -0.25) is 14.4 Å². The van der Waals surface area contributed by atoms with E-state index in [0.29, 0.717) is 10.0 Å². The van der Waals surface area contributed by atoms with Gasteiger partial charge in [0.15, 0.2) is 0 Å². The lowest BCUT2D eigenvalue weighted by Gasteiger charge is -2.22. The number of nitrogens with one attached hydrogen (secondary N) is 1. The van der Waals surface area contributed by atoms with Gasteiger partial charge in [-0.1, -0.05) is 64.3 Å². The number of nitrogens with zero attached hydrogens (tertiary/aromatic N) is 3. The molecular formula is C17H13Cl3N4O3S2. The van der Waals surface area contributed by atoms with Crippen LogP contribution in [0.5, 0.6) is 0 Å². The number of aromatic nitrogens is 2. The van der Waals surface area contributed by atoms with E-state index in [1.165, 1.54) is 12.1 Å². The first kappa shape index (κ1) is 21.8. The number of benzene rings is 2. The molecule has 0 radical (unpaired) electrons. The Morgan fingerprint density at radius 2 is 1.79 bits per heavy atom. The number of rotatable bonds is 6. The van der Waals surface area contributed by atoms with Crippen LogP contribution in [-0.2, 0) is 14.8 Å². The molecule has 1 heterocycles. The number of sulfonamides is 1. The van der Waals surface area contributed by atoms with Crippen LogP contribution in [0.1, 0.15) is 0 Å². The summed E-state index contributed by atoms with van der Waals surface area (Å²) in [5, 5.41) is 12.1. The molecule has 0 spiro atoms. The molecule has 1 amide bonds. The topological polar surface area (TPSA) is 92.3 Å². The summed E-state index contributed by atoms with van der Waals surface area (Å²) in [4.78, 5) is 12.5. The minimum Gasteiger partial charge on any atom is -0.299 e. The summed E-state index contributed by atoms with van der Waals surface area (Å²) < 4.78 is 25.3. The SMILES string of the molecule is CS(=O)(=O)N(CC(=O)Nc1nnc(-c2ccc(Cl)cc2)s1)c1cccc(Cl)c1Cl. The van der Waals surface area contributed by atoms with E-state index >= 15 is 0 Å². The highest BCUT2D eigenvalue weighted by atomic mass is 35.5. The first-order chi connectivity index (χ1) is 13.6. The van der Waals surface area contributed by atoms with Crippen LogP contribution in [0.2, 0.25) is 15.1 Å². The number of hydrogen-bond acceptors (Lipinski definition) is 6. The molecule has 0 aliphatic heterocycles. The summed E-state index contributed by atoms with van der Waals surface area (Å²) in [7, 11) is -3.80. The number of hydrogen-bond donors (Lipinski definition) is 1. The van der Waals surface area contributed by atoms with E-state index < -0.39 is 22.5 Å². The number of carbonyl (C=O) groups is 1. The van der Waals surface area contributed by atoms with E-state index in [1.807, 2.05) is 0 Å². The third-order valence-corrected chi connectivity index (χ3v) is 6.73. The maximum absolute atomic E-state index is 12.5. The molecule has 2 aromatic carbocycles. The van der Waals surface area contributed by atoms with E-state index in [4.69, 9.17) is 34.8 Å². The Balaban J connectivity index is 1.78. The van der Waals surface area contributed by atoms with Gasteiger partial charge in [0.25, 0.3) is 0 Å². The van der Waals surface area contributed by atoms with Crippen molar-refractivity contribution in [3.63, 3.8) is 0 Å². The zero-order chi connectivity index (χ0) is 21.2. The lowest BCUT2D eigenvalue weighted by molar-refractivity contribution is -0.114. The maximum Gasteiger partial charge on any atom is 0.246 e. The second-order valence-corrected chi connectivity index (χ2v) is 9.92. The summed E-state index contributed by atoms with van der Waals surface area (Å²) in [6.07, 6.45) is 0.973. The minimum atomic E-state index is -3.80. The molecule has 0 saturated heterocycles. The smallest absolute Gasteiger partial charge is 0.246 e. The molecule has 0 fully saturated rings. The molecule has 0 aliphatic carbocycles. The van der Waals surface area contributed by atoms with Crippen LogP contribution in [0.25, 0.3) is 10.6 Å². The van der Waals surface area contributed by atoms with Crippen LogP contribution in [-0.4, -0.2) is 37.3 Å². The Labute approximate surface area is 186 Å². The highest BCUT2D eigenvalue weighted by molar-refractivity contribution is 7.92. The second-order valence-electron chi connectivity index (χ2n) is 5.81. The van der Waals surface area contributed by atoms with Gasteiger partial charge in [-0.25, -0.2) is 8.42 Å². The van der Waals surface area contributed by atoms with Crippen molar-refractivity contribution in [3.05, 3.63) is 57.5 Å². The van der Waals surface area contributed by atoms with Gasteiger partial charge in [0.2, 0.25) is 21.1 Å². The van der Waals surface area contributed by atoms with Crippen molar-refractivity contribution < 1.29 is 13.2 Å². The molecule has 1 N–H and O–H groups in total. The van der Waals surface area contributed by atoms with Crippen molar-refractivity contribution in [2.24, 2.45) is 0 Å². The molecule has 0 saturated carbocycles. The predicted octanol–water partition coefficient (Wildman–Crippen LogP) is 4.57. The maximum atomic E-state index is 12.5. The van der Waals surface area contributed by atoms with E-state index in [2.05, 4.69) is 15.5 Å². The molecule has 152 valence electrons. The fourth-order valence-electron chi connectivity index (χ4n) is 2.34. The Bertz CT molecular complexity index is 1150.